The van der Waals surface area contributed by atoms with Crippen molar-refractivity contribution in [1.82, 2.24) is 4.90 Å². The van der Waals surface area contributed by atoms with E-state index in [2.05, 4.69) is 0 Å². The highest BCUT2D eigenvalue weighted by atomic mass is 32.2. The monoisotopic (exact) mass is 341 g/mol. The second-order valence-corrected chi connectivity index (χ2v) is 7.16. The first-order valence-electron chi connectivity index (χ1n) is 7.95. The molecule has 24 heavy (non-hydrogen) atoms. The molecule has 0 spiro atoms. The Bertz CT molecular complexity index is 698. The average Bonchev–Trinajstić information content (AvgIpc) is 2.62. The molecule has 0 fully saturated rings. The lowest BCUT2D eigenvalue weighted by Gasteiger charge is -2.25. The van der Waals surface area contributed by atoms with E-state index in [9.17, 15) is 9.00 Å². The minimum atomic E-state index is -1.20. The molecule has 4 heteroatoms. The van der Waals surface area contributed by atoms with Gasteiger partial charge in [0, 0.05) is 23.6 Å². The summed E-state index contributed by atoms with van der Waals surface area (Å²) in [7, 11) is 0.566. The maximum absolute atomic E-state index is 12.3. The van der Waals surface area contributed by atoms with Crippen molar-refractivity contribution in [2.24, 2.45) is 0 Å². The summed E-state index contributed by atoms with van der Waals surface area (Å²) in [6.07, 6.45) is 3.79. The highest BCUT2D eigenvalue weighted by Crippen LogP contribution is 2.18. The first-order valence-corrected chi connectivity index (χ1v) is 9.44. The Kier molecular flexibility index (Phi) is 6.94. The van der Waals surface area contributed by atoms with Crippen LogP contribution in [0.1, 0.15) is 24.1 Å². The molecule has 0 bridgehead atoms. The molecule has 0 aliphatic carbocycles. The molecule has 0 aliphatic rings. The number of amides is 1. The van der Waals surface area contributed by atoms with Gasteiger partial charge in [-0.25, -0.2) is 0 Å². The van der Waals surface area contributed by atoms with Gasteiger partial charge in [0.05, 0.1) is 6.04 Å². The van der Waals surface area contributed by atoms with Crippen molar-refractivity contribution in [3.05, 3.63) is 77.9 Å². The Balaban J connectivity index is 1.84. The first-order chi connectivity index (χ1) is 11.6. The summed E-state index contributed by atoms with van der Waals surface area (Å²) in [6.45, 7) is 1.98. The molecule has 0 N–H and O–H groups in total. The fourth-order valence-corrected chi connectivity index (χ4v) is 3.23. The summed E-state index contributed by atoms with van der Waals surface area (Å²) in [4.78, 5) is 14.0. The normalized spacial score (nSPS) is 13.6. The van der Waals surface area contributed by atoms with Crippen LogP contribution >= 0.6 is 0 Å². The van der Waals surface area contributed by atoms with Crippen LogP contribution in [0.3, 0.4) is 0 Å². The molecule has 0 heterocycles. The average molecular weight is 341 g/mol. The van der Waals surface area contributed by atoms with Crippen molar-refractivity contribution >= 4 is 22.8 Å². The molecule has 2 aromatic carbocycles. The zero-order valence-corrected chi connectivity index (χ0v) is 14.9. The third-order valence-corrected chi connectivity index (χ3v) is 5.07. The lowest BCUT2D eigenvalue weighted by Crippen LogP contribution is -2.33. The number of benzene rings is 2. The molecule has 0 saturated heterocycles. The maximum atomic E-state index is 12.3. The fraction of sp³-hybridized carbons (Fsp3) is 0.250. The van der Waals surface area contributed by atoms with Gasteiger partial charge in [-0.1, -0.05) is 72.8 Å². The van der Waals surface area contributed by atoms with Crippen LogP contribution in [0, 0.1) is 0 Å². The van der Waals surface area contributed by atoms with Gasteiger partial charge in [0.15, 0.2) is 0 Å². The van der Waals surface area contributed by atoms with Crippen molar-refractivity contribution in [3.63, 3.8) is 0 Å². The predicted octanol–water partition coefficient (Wildman–Crippen LogP) is 3.67. The zero-order valence-electron chi connectivity index (χ0n) is 14.1. The molecule has 2 rings (SSSR count). The van der Waals surface area contributed by atoms with Gasteiger partial charge in [-0.3, -0.25) is 9.00 Å². The highest BCUT2D eigenvalue weighted by Gasteiger charge is 2.18. The van der Waals surface area contributed by atoms with Crippen molar-refractivity contribution in [2.45, 2.75) is 13.0 Å². The molecule has 0 radical (unpaired) electrons. The van der Waals surface area contributed by atoms with Gasteiger partial charge in [-0.05, 0) is 18.1 Å². The molecule has 0 saturated carbocycles. The Morgan fingerprint density at radius 2 is 1.67 bits per heavy atom. The van der Waals surface area contributed by atoms with Gasteiger partial charge in [-0.15, -0.1) is 0 Å². The van der Waals surface area contributed by atoms with E-state index in [4.69, 9.17) is 0 Å². The zero-order chi connectivity index (χ0) is 17.4. The summed E-state index contributed by atoms with van der Waals surface area (Å²) in [5.74, 6) is 0.332. The number of nitrogens with zero attached hydrogens (tertiary/aromatic N) is 1. The molecule has 126 valence electrons. The van der Waals surface area contributed by atoms with E-state index in [1.807, 2.05) is 79.7 Å². The summed E-state index contributed by atoms with van der Waals surface area (Å²) in [6, 6.07) is 19.7. The second kappa shape index (κ2) is 9.18. The van der Waals surface area contributed by atoms with Gasteiger partial charge in [0.25, 0.3) is 0 Å². The van der Waals surface area contributed by atoms with E-state index in [-0.39, 0.29) is 17.7 Å². The molecule has 1 amide bonds. The summed E-state index contributed by atoms with van der Waals surface area (Å²) < 4.78 is 12.1. The number of hydrogen-bond donors (Lipinski definition) is 0. The highest BCUT2D eigenvalue weighted by molar-refractivity contribution is 7.85. The molecule has 0 aliphatic heterocycles. The van der Waals surface area contributed by atoms with E-state index < -0.39 is 10.8 Å². The minimum absolute atomic E-state index is 0.0319. The summed E-state index contributed by atoms with van der Waals surface area (Å²) in [5, 5.41) is 0. The van der Waals surface area contributed by atoms with Crippen molar-refractivity contribution in [3.8, 4) is 0 Å². The Morgan fingerprint density at radius 1 is 1.08 bits per heavy atom. The molecular formula is C20H23NO2S. The van der Waals surface area contributed by atoms with Crippen LogP contribution in [-0.4, -0.2) is 33.6 Å². The van der Waals surface area contributed by atoms with E-state index in [1.165, 1.54) is 0 Å². The predicted molar refractivity (Wildman–Crippen MR) is 101 cm³/mol. The van der Waals surface area contributed by atoms with Crippen molar-refractivity contribution in [1.29, 1.82) is 0 Å². The van der Waals surface area contributed by atoms with E-state index in [0.29, 0.717) is 5.75 Å². The van der Waals surface area contributed by atoms with Crippen LogP contribution in [0.2, 0.25) is 0 Å². The Labute approximate surface area is 146 Å². The number of hydrogen-bond acceptors (Lipinski definition) is 2. The molecule has 0 unspecified atom stereocenters. The van der Waals surface area contributed by atoms with Gasteiger partial charge in [-0.2, -0.15) is 0 Å². The van der Waals surface area contributed by atoms with Crippen LogP contribution in [0.25, 0.3) is 6.08 Å². The standard InChI is InChI=1S/C20H23NO2S/c1-17(19-13-7-4-8-14-19)21(2)20(22)16-24(23)15-9-12-18-10-5-3-6-11-18/h3-14,17H,15-16H2,1-2H3/b12-9-/t17-,24-/m1/s1. The lowest BCUT2D eigenvalue weighted by atomic mass is 10.1. The smallest absolute Gasteiger partial charge is 0.235 e. The molecular weight excluding hydrogens is 318 g/mol. The van der Waals surface area contributed by atoms with E-state index in [0.717, 1.165) is 11.1 Å². The summed E-state index contributed by atoms with van der Waals surface area (Å²) >= 11 is 0. The van der Waals surface area contributed by atoms with Gasteiger partial charge >= 0.3 is 0 Å². The van der Waals surface area contributed by atoms with E-state index >= 15 is 0 Å². The van der Waals surface area contributed by atoms with Crippen LogP contribution in [0.15, 0.2) is 66.7 Å². The largest absolute Gasteiger partial charge is 0.338 e. The minimum Gasteiger partial charge on any atom is -0.338 e. The first kappa shape index (κ1) is 18.1. The SMILES string of the molecule is C[C@H](c1ccccc1)N(C)C(=O)C[S@](=O)C/C=C\c1ccccc1. The Hall–Kier alpha value is -2.20. The number of carbonyl (C=O) groups excluding carboxylic acids is 1. The lowest BCUT2D eigenvalue weighted by molar-refractivity contribution is -0.129. The summed E-state index contributed by atoms with van der Waals surface area (Å²) in [5.41, 5.74) is 2.14. The topological polar surface area (TPSA) is 37.4 Å². The molecule has 0 aromatic heterocycles. The van der Waals surface area contributed by atoms with Gasteiger partial charge < -0.3 is 4.90 Å². The molecule has 2 aromatic rings. The van der Waals surface area contributed by atoms with Crippen LogP contribution < -0.4 is 0 Å². The van der Waals surface area contributed by atoms with Crippen molar-refractivity contribution in [2.75, 3.05) is 18.6 Å². The fourth-order valence-electron chi connectivity index (χ4n) is 2.33. The second-order valence-electron chi connectivity index (χ2n) is 5.66. The number of carbonyl (C=O) groups is 1. The van der Waals surface area contributed by atoms with Gasteiger partial charge in [0.1, 0.15) is 5.75 Å². The molecule has 3 nitrogen and oxygen atoms in total. The van der Waals surface area contributed by atoms with Crippen LogP contribution in [-0.2, 0) is 15.6 Å². The van der Waals surface area contributed by atoms with Crippen LogP contribution in [0.5, 0.6) is 0 Å². The van der Waals surface area contributed by atoms with E-state index in [1.54, 1.807) is 11.9 Å². The third kappa shape index (κ3) is 5.46. The third-order valence-electron chi connectivity index (χ3n) is 3.93. The Morgan fingerprint density at radius 3 is 2.29 bits per heavy atom. The number of rotatable bonds is 7. The maximum Gasteiger partial charge on any atom is 0.235 e. The van der Waals surface area contributed by atoms with Crippen LogP contribution in [0.4, 0.5) is 0 Å². The van der Waals surface area contributed by atoms with Crippen molar-refractivity contribution < 1.29 is 9.00 Å². The molecule has 2 atom stereocenters. The van der Waals surface area contributed by atoms with Gasteiger partial charge in [0.2, 0.25) is 5.91 Å². The quantitative estimate of drug-likeness (QED) is 0.770.